The van der Waals surface area contributed by atoms with Crippen LogP contribution in [0.5, 0.6) is 0 Å². The summed E-state index contributed by atoms with van der Waals surface area (Å²) in [6, 6.07) is 6.87. The smallest absolute Gasteiger partial charge is 0.151 e. The van der Waals surface area contributed by atoms with E-state index in [2.05, 4.69) is 21.3 Å². The van der Waals surface area contributed by atoms with Gasteiger partial charge in [0, 0.05) is 34.8 Å². The molecule has 0 saturated heterocycles. The lowest BCUT2D eigenvalue weighted by Crippen LogP contribution is -2.13. The molecular weight excluding hydrogens is 433 g/mol. The molecule has 1 aromatic carbocycles. The molecule has 3 aromatic heterocycles. The Morgan fingerprint density at radius 1 is 1.19 bits per heavy atom. The molecule has 31 heavy (non-hydrogen) atoms. The van der Waals surface area contributed by atoms with Crippen molar-refractivity contribution in [2.24, 2.45) is 5.92 Å². The van der Waals surface area contributed by atoms with Crippen molar-refractivity contribution >= 4 is 28.6 Å². The third-order valence-corrected chi connectivity index (χ3v) is 7.00. The fraction of sp³-hybridized carbons (Fsp3) is 0.261. The second-order valence-electron chi connectivity index (χ2n) is 7.97. The molecule has 5 rings (SSSR count). The fourth-order valence-electron chi connectivity index (χ4n) is 3.85. The van der Waals surface area contributed by atoms with Gasteiger partial charge in [-0.25, -0.2) is 9.37 Å². The molecule has 4 aromatic rings. The lowest BCUT2D eigenvalue weighted by molar-refractivity contribution is 0.455. The molecule has 0 bridgehead atoms. The Kier molecular flexibility index (Phi) is 5.24. The Hall–Kier alpha value is -2.77. The van der Waals surface area contributed by atoms with Crippen molar-refractivity contribution in [3.63, 3.8) is 0 Å². The van der Waals surface area contributed by atoms with Crippen LogP contribution in [0.1, 0.15) is 36.7 Å². The number of aryl methyl sites for hydroxylation is 1. The van der Waals surface area contributed by atoms with E-state index in [0.29, 0.717) is 17.2 Å². The van der Waals surface area contributed by atoms with Gasteiger partial charge in [0.2, 0.25) is 0 Å². The predicted molar refractivity (Wildman–Crippen MR) is 123 cm³/mol. The summed E-state index contributed by atoms with van der Waals surface area (Å²) in [5.74, 6) is 0.160. The van der Waals surface area contributed by atoms with Crippen molar-refractivity contribution in [2.75, 3.05) is 5.73 Å². The Bertz CT molecular complexity index is 1230. The standard InChI is InChI=1S/C23H21ClFN5S/c1-13-23(31-12-28-13)16-10-29-30(11-16)20(8-14-2-3-14)19-7-4-15(9-27-19)21-18(26)6-5-17(24)22(21)25/h4-7,9-12,14,20H,2-3,8,26H2,1H3. The highest BCUT2D eigenvalue weighted by Crippen LogP contribution is 2.40. The van der Waals surface area contributed by atoms with Gasteiger partial charge in [-0.3, -0.25) is 9.67 Å². The Morgan fingerprint density at radius 3 is 2.71 bits per heavy atom. The molecular formula is C23H21ClFN5S. The summed E-state index contributed by atoms with van der Waals surface area (Å²) in [5.41, 5.74) is 12.0. The first kappa shape index (κ1) is 20.2. The second-order valence-corrected chi connectivity index (χ2v) is 9.23. The van der Waals surface area contributed by atoms with Crippen LogP contribution in [0.15, 0.2) is 48.4 Å². The van der Waals surface area contributed by atoms with E-state index in [0.717, 1.165) is 28.2 Å². The number of pyridine rings is 1. The number of nitrogens with two attached hydrogens (primary N) is 1. The maximum atomic E-state index is 14.6. The summed E-state index contributed by atoms with van der Waals surface area (Å²) >= 11 is 7.57. The number of nitrogen functional groups attached to an aromatic ring is 1. The average molecular weight is 454 g/mol. The van der Waals surface area contributed by atoms with E-state index in [-0.39, 0.29) is 16.6 Å². The van der Waals surface area contributed by atoms with Gasteiger partial charge in [0.25, 0.3) is 0 Å². The molecule has 0 spiro atoms. The number of benzene rings is 1. The van der Waals surface area contributed by atoms with Crippen molar-refractivity contribution in [1.82, 2.24) is 19.7 Å². The normalized spacial score (nSPS) is 14.7. The Labute approximate surface area is 188 Å². The minimum Gasteiger partial charge on any atom is -0.398 e. The Balaban J connectivity index is 1.48. The third-order valence-electron chi connectivity index (χ3n) is 5.73. The number of anilines is 1. The van der Waals surface area contributed by atoms with Gasteiger partial charge in [0.15, 0.2) is 5.82 Å². The molecule has 3 heterocycles. The monoisotopic (exact) mass is 453 g/mol. The van der Waals surface area contributed by atoms with Crippen LogP contribution in [0, 0.1) is 18.7 Å². The highest BCUT2D eigenvalue weighted by molar-refractivity contribution is 7.13. The number of rotatable bonds is 6. The molecule has 0 radical (unpaired) electrons. The minimum absolute atomic E-state index is 0.0186. The second kappa shape index (κ2) is 8.05. The zero-order valence-electron chi connectivity index (χ0n) is 16.9. The highest BCUT2D eigenvalue weighted by atomic mass is 35.5. The first-order valence-electron chi connectivity index (χ1n) is 10.2. The van der Waals surface area contributed by atoms with Crippen molar-refractivity contribution in [3.05, 3.63) is 70.6 Å². The van der Waals surface area contributed by atoms with Crippen molar-refractivity contribution in [3.8, 4) is 21.6 Å². The summed E-state index contributed by atoms with van der Waals surface area (Å²) in [4.78, 5) is 10.2. The summed E-state index contributed by atoms with van der Waals surface area (Å²) in [6.45, 7) is 2.01. The van der Waals surface area contributed by atoms with E-state index < -0.39 is 5.82 Å². The SMILES string of the molecule is Cc1ncsc1-c1cnn(C(CC2CC2)c2ccc(-c3c(N)ccc(Cl)c3F)cn2)c1. The van der Waals surface area contributed by atoms with Gasteiger partial charge >= 0.3 is 0 Å². The first-order chi connectivity index (χ1) is 15.0. The minimum atomic E-state index is -0.526. The van der Waals surface area contributed by atoms with E-state index in [1.165, 1.54) is 18.9 Å². The lowest BCUT2D eigenvalue weighted by atomic mass is 10.0. The quantitative estimate of drug-likeness (QED) is 0.356. The van der Waals surface area contributed by atoms with Crippen LogP contribution in [0.3, 0.4) is 0 Å². The first-order valence-corrected chi connectivity index (χ1v) is 11.4. The molecule has 8 heteroatoms. The number of hydrogen-bond acceptors (Lipinski definition) is 5. The zero-order chi connectivity index (χ0) is 21.5. The molecule has 1 unspecified atom stereocenters. The van der Waals surface area contributed by atoms with Gasteiger partial charge < -0.3 is 5.73 Å². The molecule has 5 nitrogen and oxygen atoms in total. The average Bonchev–Trinajstić information content (AvgIpc) is 3.28. The maximum absolute atomic E-state index is 14.6. The highest BCUT2D eigenvalue weighted by Gasteiger charge is 2.29. The van der Waals surface area contributed by atoms with Crippen LogP contribution in [0.2, 0.25) is 5.02 Å². The van der Waals surface area contributed by atoms with Crippen LogP contribution in [0.4, 0.5) is 10.1 Å². The molecule has 1 aliphatic carbocycles. The van der Waals surface area contributed by atoms with Gasteiger partial charge in [0.1, 0.15) is 0 Å². The fourth-order valence-corrected chi connectivity index (χ4v) is 4.79. The molecule has 0 amide bonds. The molecule has 1 aliphatic rings. The van der Waals surface area contributed by atoms with Crippen LogP contribution in [-0.4, -0.2) is 19.7 Å². The number of nitrogens with zero attached hydrogens (tertiary/aromatic N) is 4. The van der Waals surface area contributed by atoms with Crippen LogP contribution >= 0.6 is 22.9 Å². The van der Waals surface area contributed by atoms with Crippen molar-refractivity contribution < 1.29 is 4.39 Å². The molecule has 1 atom stereocenters. The van der Waals surface area contributed by atoms with Gasteiger partial charge in [-0.15, -0.1) is 11.3 Å². The maximum Gasteiger partial charge on any atom is 0.151 e. The summed E-state index contributed by atoms with van der Waals surface area (Å²) < 4.78 is 16.6. The number of halogens is 2. The topological polar surface area (TPSA) is 69.6 Å². The summed E-state index contributed by atoms with van der Waals surface area (Å²) in [7, 11) is 0. The van der Waals surface area contributed by atoms with E-state index in [9.17, 15) is 4.39 Å². The van der Waals surface area contributed by atoms with Gasteiger partial charge in [-0.05, 0) is 37.5 Å². The Morgan fingerprint density at radius 2 is 2.03 bits per heavy atom. The van der Waals surface area contributed by atoms with Crippen LogP contribution in [-0.2, 0) is 0 Å². The molecule has 2 N–H and O–H groups in total. The van der Waals surface area contributed by atoms with Gasteiger partial charge in [-0.1, -0.05) is 30.5 Å². The molecule has 158 valence electrons. The van der Waals surface area contributed by atoms with Crippen molar-refractivity contribution in [1.29, 1.82) is 0 Å². The van der Waals surface area contributed by atoms with Crippen LogP contribution in [0.25, 0.3) is 21.6 Å². The number of aromatic nitrogens is 4. The van der Waals surface area contributed by atoms with Crippen molar-refractivity contribution in [2.45, 2.75) is 32.2 Å². The lowest BCUT2D eigenvalue weighted by Gasteiger charge is -2.18. The molecule has 0 aliphatic heterocycles. The van der Waals surface area contributed by atoms with E-state index in [1.807, 2.05) is 35.4 Å². The molecule has 1 fully saturated rings. The largest absolute Gasteiger partial charge is 0.398 e. The van der Waals surface area contributed by atoms with Gasteiger partial charge in [0.05, 0.1) is 39.0 Å². The van der Waals surface area contributed by atoms with E-state index in [4.69, 9.17) is 17.3 Å². The summed E-state index contributed by atoms with van der Waals surface area (Å²) in [6.07, 6.45) is 9.07. The third kappa shape index (κ3) is 3.95. The summed E-state index contributed by atoms with van der Waals surface area (Å²) in [5, 5.41) is 4.69. The number of thiazole rings is 1. The van der Waals surface area contributed by atoms with Crippen LogP contribution < -0.4 is 5.73 Å². The number of hydrogen-bond donors (Lipinski definition) is 1. The zero-order valence-corrected chi connectivity index (χ0v) is 18.5. The van der Waals surface area contributed by atoms with E-state index >= 15 is 0 Å². The molecule has 1 saturated carbocycles. The van der Waals surface area contributed by atoms with Gasteiger partial charge in [-0.2, -0.15) is 5.10 Å². The predicted octanol–water partition coefficient (Wildman–Crippen LogP) is 6.14. The van der Waals surface area contributed by atoms with E-state index in [1.54, 1.807) is 23.6 Å².